The summed E-state index contributed by atoms with van der Waals surface area (Å²) in [5.74, 6) is 3.01. The van der Waals surface area contributed by atoms with Gasteiger partial charge in [-0.1, -0.05) is 53.4 Å². The van der Waals surface area contributed by atoms with Gasteiger partial charge in [-0.2, -0.15) is 0 Å². The zero-order chi connectivity index (χ0) is 19.0. The molecule has 4 nitrogen and oxygen atoms in total. The highest BCUT2D eigenvalue weighted by Crippen LogP contribution is 2.40. The van der Waals surface area contributed by atoms with Crippen LogP contribution in [0.3, 0.4) is 0 Å². The zero-order valence-electron chi connectivity index (χ0n) is 17.3. The van der Waals surface area contributed by atoms with E-state index in [2.05, 4.69) is 27.7 Å². The summed E-state index contributed by atoms with van der Waals surface area (Å²) in [5.41, 5.74) is 0. The molecule has 0 atom stereocenters. The molecule has 0 aromatic heterocycles. The van der Waals surface area contributed by atoms with Crippen LogP contribution in [0.4, 0.5) is 0 Å². The Labute approximate surface area is 160 Å². The minimum absolute atomic E-state index is 0.686. The van der Waals surface area contributed by atoms with E-state index < -0.39 is 0 Å². The van der Waals surface area contributed by atoms with Gasteiger partial charge in [0.2, 0.25) is 0 Å². The molecule has 4 heteroatoms. The van der Waals surface area contributed by atoms with Crippen LogP contribution in [0.1, 0.15) is 79.1 Å². The van der Waals surface area contributed by atoms with Crippen LogP contribution in [0, 0.1) is 0 Å². The molecule has 26 heavy (non-hydrogen) atoms. The molecule has 150 valence electrons. The molecule has 1 aromatic carbocycles. The fraction of sp³-hybridized carbons (Fsp3) is 0.727. The molecule has 0 aliphatic heterocycles. The average Bonchev–Trinajstić information content (AvgIpc) is 2.64. The molecule has 0 unspecified atom stereocenters. The molecule has 0 aliphatic rings. The molecule has 0 N–H and O–H groups in total. The van der Waals surface area contributed by atoms with Gasteiger partial charge in [0.25, 0.3) is 0 Å². The lowest BCUT2D eigenvalue weighted by Crippen LogP contribution is -2.06. The smallest absolute Gasteiger partial charge is 0.165 e. The summed E-state index contributed by atoms with van der Waals surface area (Å²) >= 11 is 0. The van der Waals surface area contributed by atoms with Crippen LogP contribution in [0.25, 0.3) is 0 Å². The monoisotopic (exact) mass is 366 g/mol. The summed E-state index contributed by atoms with van der Waals surface area (Å²) in [6.45, 7) is 11.4. The van der Waals surface area contributed by atoms with Gasteiger partial charge in [0, 0.05) is 12.1 Å². The van der Waals surface area contributed by atoms with Crippen LogP contribution in [0.15, 0.2) is 12.1 Å². The van der Waals surface area contributed by atoms with Crippen molar-refractivity contribution in [2.24, 2.45) is 0 Å². The molecule has 0 heterocycles. The highest BCUT2D eigenvalue weighted by atomic mass is 16.5. The predicted molar refractivity (Wildman–Crippen MR) is 108 cm³/mol. The molecule has 0 bridgehead atoms. The van der Waals surface area contributed by atoms with Crippen LogP contribution in [-0.4, -0.2) is 26.4 Å². The SMILES string of the molecule is CCCCOc1cc(OCCCC)c(OCCCC)cc1OCCCC. The van der Waals surface area contributed by atoms with E-state index in [1.165, 1.54) is 0 Å². The van der Waals surface area contributed by atoms with Crippen LogP contribution in [0.2, 0.25) is 0 Å². The lowest BCUT2D eigenvalue weighted by molar-refractivity contribution is 0.242. The fourth-order valence-electron chi connectivity index (χ4n) is 2.28. The van der Waals surface area contributed by atoms with Crippen molar-refractivity contribution in [3.63, 3.8) is 0 Å². The number of hydrogen-bond acceptors (Lipinski definition) is 4. The van der Waals surface area contributed by atoms with Gasteiger partial charge in [-0.05, 0) is 25.7 Å². The van der Waals surface area contributed by atoms with Crippen molar-refractivity contribution in [1.29, 1.82) is 0 Å². The van der Waals surface area contributed by atoms with E-state index in [4.69, 9.17) is 18.9 Å². The van der Waals surface area contributed by atoms with Crippen molar-refractivity contribution in [3.8, 4) is 23.0 Å². The van der Waals surface area contributed by atoms with Gasteiger partial charge in [-0.15, -0.1) is 0 Å². The summed E-state index contributed by atoms with van der Waals surface area (Å²) in [5, 5.41) is 0. The molecular formula is C22H38O4. The second-order valence-electron chi connectivity index (χ2n) is 6.55. The van der Waals surface area contributed by atoms with Crippen molar-refractivity contribution >= 4 is 0 Å². The van der Waals surface area contributed by atoms with E-state index in [0.717, 1.165) is 74.4 Å². The Bertz CT molecular complexity index is 391. The predicted octanol–water partition coefficient (Wildman–Crippen LogP) is 6.40. The van der Waals surface area contributed by atoms with Crippen molar-refractivity contribution in [3.05, 3.63) is 12.1 Å². The number of ether oxygens (including phenoxy) is 4. The molecule has 0 fully saturated rings. The Balaban J connectivity index is 2.98. The zero-order valence-corrected chi connectivity index (χ0v) is 17.3. The maximum absolute atomic E-state index is 5.98. The van der Waals surface area contributed by atoms with Gasteiger partial charge in [-0.25, -0.2) is 0 Å². The topological polar surface area (TPSA) is 36.9 Å². The Hall–Kier alpha value is -1.58. The third kappa shape index (κ3) is 8.68. The molecule has 0 saturated carbocycles. The Morgan fingerprint density at radius 1 is 0.462 bits per heavy atom. The minimum Gasteiger partial charge on any atom is -0.490 e. The number of hydrogen-bond donors (Lipinski definition) is 0. The maximum Gasteiger partial charge on any atom is 0.165 e. The van der Waals surface area contributed by atoms with E-state index in [1.807, 2.05) is 12.1 Å². The third-order valence-corrected chi connectivity index (χ3v) is 4.03. The standard InChI is InChI=1S/C22H38O4/c1-5-9-13-23-19-17-21(25-15-11-7-3)22(26-16-12-8-4)18-20(19)24-14-10-6-2/h17-18H,5-16H2,1-4H3. The molecule has 1 rings (SSSR count). The van der Waals surface area contributed by atoms with E-state index in [9.17, 15) is 0 Å². The second kappa shape index (κ2) is 14.6. The summed E-state index contributed by atoms with van der Waals surface area (Å²) < 4.78 is 23.9. The number of rotatable bonds is 16. The van der Waals surface area contributed by atoms with Gasteiger partial charge in [-0.3, -0.25) is 0 Å². The lowest BCUT2D eigenvalue weighted by Gasteiger charge is -2.18. The summed E-state index contributed by atoms with van der Waals surface area (Å²) in [6.07, 6.45) is 8.50. The van der Waals surface area contributed by atoms with Crippen LogP contribution >= 0.6 is 0 Å². The fourth-order valence-corrected chi connectivity index (χ4v) is 2.28. The average molecular weight is 367 g/mol. The molecular weight excluding hydrogens is 328 g/mol. The van der Waals surface area contributed by atoms with Gasteiger partial charge in [0.15, 0.2) is 23.0 Å². The summed E-state index contributed by atoms with van der Waals surface area (Å²) in [7, 11) is 0. The Kier molecular flexibility index (Phi) is 12.6. The minimum atomic E-state index is 0.686. The highest BCUT2D eigenvalue weighted by molar-refractivity contribution is 5.54. The first-order valence-electron chi connectivity index (χ1n) is 10.5. The van der Waals surface area contributed by atoms with Crippen molar-refractivity contribution in [2.45, 2.75) is 79.1 Å². The van der Waals surface area contributed by atoms with Gasteiger partial charge < -0.3 is 18.9 Å². The van der Waals surface area contributed by atoms with E-state index in [0.29, 0.717) is 26.4 Å². The van der Waals surface area contributed by atoms with Gasteiger partial charge in [0.05, 0.1) is 26.4 Å². The van der Waals surface area contributed by atoms with Crippen molar-refractivity contribution < 1.29 is 18.9 Å². The summed E-state index contributed by atoms with van der Waals surface area (Å²) in [6, 6.07) is 3.88. The van der Waals surface area contributed by atoms with Crippen molar-refractivity contribution in [1.82, 2.24) is 0 Å². The molecule has 0 amide bonds. The lowest BCUT2D eigenvalue weighted by atomic mass is 10.2. The van der Waals surface area contributed by atoms with Gasteiger partial charge >= 0.3 is 0 Å². The molecule has 0 saturated heterocycles. The normalized spacial score (nSPS) is 10.6. The van der Waals surface area contributed by atoms with E-state index in [-0.39, 0.29) is 0 Å². The highest BCUT2D eigenvalue weighted by Gasteiger charge is 2.15. The van der Waals surface area contributed by atoms with Crippen LogP contribution < -0.4 is 18.9 Å². The molecule has 0 radical (unpaired) electrons. The maximum atomic E-state index is 5.98. The molecule has 1 aromatic rings. The van der Waals surface area contributed by atoms with Gasteiger partial charge in [0.1, 0.15) is 0 Å². The van der Waals surface area contributed by atoms with E-state index >= 15 is 0 Å². The molecule has 0 aliphatic carbocycles. The number of unbranched alkanes of at least 4 members (excludes halogenated alkanes) is 4. The van der Waals surface area contributed by atoms with Crippen LogP contribution in [0.5, 0.6) is 23.0 Å². The van der Waals surface area contributed by atoms with E-state index in [1.54, 1.807) is 0 Å². The first-order chi connectivity index (χ1) is 12.8. The quantitative estimate of drug-likeness (QED) is 0.317. The van der Waals surface area contributed by atoms with Crippen molar-refractivity contribution in [2.75, 3.05) is 26.4 Å². The Morgan fingerprint density at radius 2 is 0.692 bits per heavy atom. The first kappa shape index (κ1) is 22.5. The largest absolute Gasteiger partial charge is 0.490 e. The van der Waals surface area contributed by atoms with Crippen LogP contribution in [-0.2, 0) is 0 Å². The first-order valence-corrected chi connectivity index (χ1v) is 10.5. The number of benzene rings is 1. The third-order valence-electron chi connectivity index (χ3n) is 4.03. The molecule has 0 spiro atoms. The second-order valence-corrected chi connectivity index (χ2v) is 6.55. The summed E-state index contributed by atoms with van der Waals surface area (Å²) in [4.78, 5) is 0. The Morgan fingerprint density at radius 3 is 0.885 bits per heavy atom.